The van der Waals surface area contributed by atoms with Crippen molar-refractivity contribution >= 4 is 32.9 Å². The maximum Gasteiger partial charge on any atom is 0.0714 e. The number of benzene rings is 8. The van der Waals surface area contributed by atoms with E-state index in [1.54, 1.807) is 0 Å². The molecule has 1 aliphatic rings. The fraction of sp³-hybridized carbons (Fsp3) is 0.0222. The highest BCUT2D eigenvalue weighted by Crippen LogP contribution is 2.56. The van der Waals surface area contributed by atoms with Crippen molar-refractivity contribution in [2.75, 3.05) is 5.32 Å². The molecule has 0 amide bonds. The first-order valence-corrected chi connectivity index (χ1v) is 15.9. The number of hydrogen-bond acceptors (Lipinski definition) is 1. The number of anilines is 2. The van der Waals surface area contributed by atoms with Crippen molar-refractivity contribution in [1.29, 1.82) is 0 Å². The maximum atomic E-state index is 3.88. The summed E-state index contributed by atoms with van der Waals surface area (Å²) in [5.41, 5.74) is 11.9. The van der Waals surface area contributed by atoms with E-state index in [2.05, 4.69) is 187 Å². The average molecular weight is 586 g/mol. The van der Waals surface area contributed by atoms with Gasteiger partial charge < -0.3 is 5.32 Å². The molecule has 0 saturated heterocycles. The Bertz CT molecular complexity index is 2350. The molecule has 8 aromatic carbocycles. The minimum atomic E-state index is -0.430. The van der Waals surface area contributed by atoms with Gasteiger partial charge in [-0.1, -0.05) is 158 Å². The van der Waals surface area contributed by atoms with Gasteiger partial charge >= 0.3 is 0 Å². The van der Waals surface area contributed by atoms with Gasteiger partial charge in [0.15, 0.2) is 0 Å². The highest BCUT2D eigenvalue weighted by molar-refractivity contribution is 6.14. The first-order chi connectivity index (χ1) is 22.8. The first kappa shape index (κ1) is 26.5. The molecule has 0 aromatic heterocycles. The molecular weight excluding hydrogens is 555 g/mol. The molecule has 0 unspecified atom stereocenters. The number of nitrogens with one attached hydrogen (secondary N) is 1. The van der Waals surface area contributed by atoms with Crippen LogP contribution in [0, 0.1) is 0 Å². The van der Waals surface area contributed by atoms with Crippen LogP contribution >= 0.6 is 0 Å². The summed E-state index contributed by atoms with van der Waals surface area (Å²) in [6.07, 6.45) is 0. The van der Waals surface area contributed by atoms with Gasteiger partial charge in [0, 0.05) is 16.9 Å². The van der Waals surface area contributed by atoms with Gasteiger partial charge in [-0.05, 0) is 84.8 Å². The second-order valence-corrected chi connectivity index (χ2v) is 12.1. The summed E-state index contributed by atoms with van der Waals surface area (Å²) in [7, 11) is 0. The Labute approximate surface area is 269 Å². The first-order valence-electron chi connectivity index (χ1n) is 15.9. The Hall–Kier alpha value is -5.92. The SMILES string of the molecule is c1ccc(C2(c3ccccc3)c3ccccc3-c3ccc(Nc4ccccc4-c4cc5ccccc5c5ccccc45)cc32)cc1. The Balaban J connectivity index is 1.24. The van der Waals surface area contributed by atoms with Crippen molar-refractivity contribution in [3.05, 3.63) is 204 Å². The van der Waals surface area contributed by atoms with Crippen molar-refractivity contribution in [1.82, 2.24) is 0 Å². The van der Waals surface area contributed by atoms with Crippen molar-refractivity contribution in [3.63, 3.8) is 0 Å². The van der Waals surface area contributed by atoms with E-state index in [1.165, 1.54) is 66.1 Å². The van der Waals surface area contributed by atoms with Crippen molar-refractivity contribution in [3.8, 4) is 22.3 Å². The zero-order valence-corrected chi connectivity index (χ0v) is 25.3. The van der Waals surface area contributed by atoms with Crippen molar-refractivity contribution < 1.29 is 0 Å². The molecule has 0 bridgehead atoms. The van der Waals surface area contributed by atoms with E-state index in [0.717, 1.165) is 11.4 Å². The number of hydrogen-bond donors (Lipinski definition) is 1. The third-order valence-corrected chi connectivity index (χ3v) is 9.72. The normalized spacial score (nSPS) is 13.0. The van der Waals surface area contributed by atoms with Crippen LogP contribution in [-0.4, -0.2) is 0 Å². The van der Waals surface area contributed by atoms with E-state index in [9.17, 15) is 0 Å². The molecule has 1 nitrogen and oxygen atoms in total. The van der Waals surface area contributed by atoms with Crippen LogP contribution in [0.5, 0.6) is 0 Å². The summed E-state index contributed by atoms with van der Waals surface area (Å²) in [5, 5.41) is 8.94. The molecule has 8 aromatic rings. The predicted octanol–water partition coefficient (Wildman–Crippen LogP) is 11.8. The Morgan fingerprint density at radius 3 is 1.67 bits per heavy atom. The average Bonchev–Trinajstić information content (AvgIpc) is 3.43. The summed E-state index contributed by atoms with van der Waals surface area (Å²) in [5.74, 6) is 0. The van der Waals surface area contributed by atoms with Gasteiger partial charge in [0.2, 0.25) is 0 Å². The number of para-hydroxylation sites is 1. The largest absolute Gasteiger partial charge is 0.355 e. The molecule has 0 spiro atoms. The highest BCUT2D eigenvalue weighted by Gasteiger charge is 2.46. The zero-order chi connectivity index (χ0) is 30.5. The van der Waals surface area contributed by atoms with Crippen LogP contribution in [0.4, 0.5) is 11.4 Å². The van der Waals surface area contributed by atoms with E-state index in [-0.39, 0.29) is 0 Å². The molecule has 0 radical (unpaired) electrons. The lowest BCUT2D eigenvalue weighted by Crippen LogP contribution is -2.28. The van der Waals surface area contributed by atoms with E-state index in [0.29, 0.717) is 0 Å². The predicted molar refractivity (Wildman–Crippen MR) is 194 cm³/mol. The lowest BCUT2D eigenvalue weighted by molar-refractivity contribution is 0.769. The molecule has 9 rings (SSSR count). The Morgan fingerprint density at radius 1 is 0.348 bits per heavy atom. The van der Waals surface area contributed by atoms with Gasteiger partial charge in [0.25, 0.3) is 0 Å². The van der Waals surface area contributed by atoms with Crippen LogP contribution < -0.4 is 5.32 Å². The second kappa shape index (κ2) is 10.6. The van der Waals surface area contributed by atoms with Crippen LogP contribution in [-0.2, 0) is 5.41 Å². The summed E-state index contributed by atoms with van der Waals surface area (Å²) in [6.45, 7) is 0. The summed E-state index contributed by atoms with van der Waals surface area (Å²) in [6, 6.07) is 66.3. The zero-order valence-electron chi connectivity index (χ0n) is 25.3. The van der Waals surface area contributed by atoms with Gasteiger partial charge in [-0.3, -0.25) is 0 Å². The van der Waals surface area contributed by atoms with Crippen LogP contribution in [0.15, 0.2) is 182 Å². The van der Waals surface area contributed by atoms with Gasteiger partial charge in [0.1, 0.15) is 0 Å². The molecule has 1 aliphatic carbocycles. The molecule has 1 N–H and O–H groups in total. The third kappa shape index (κ3) is 3.95. The van der Waals surface area contributed by atoms with E-state index < -0.39 is 5.41 Å². The van der Waals surface area contributed by atoms with Gasteiger partial charge in [-0.2, -0.15) is 0 Å². The standard InChI is InChI=1S/C45H31N/c1-3-16-32(17-4-1)45(33-18-5-2-6-19-33)42-25-13-11-23-38(42)39-28-27-34(30-43(39)45)46-44-26-14-12-24-40(44)41-29-31-15-7-8-20-35(31)36-21-9-10-22-37(36)41/h1-30,46H. The van der Waals surface area contributed by atoms with E-state index >= 15 is 0 Å². The van der Waals surface area contributed by atoms with E-state index in [4.69, 9.17) is 0 Å². The molecule has 0 aliphatic heterocycles. The Kier molecular flexibility index (Phi) is 6.11. The molecule has 0 fully saturated rings. The Morgan fingerprint density at radius 2 is 0.913 bits per heavy atom. The lowest BCUT2D eigenvalue weighted by atomic mass is 9.67. The van der Waals surface area contributed by atoms with E-state index in [1.807, 2.05) is 0 Å². The number of rotatable bonds is 5. The summed E-state index contributed by atoms with van der Waals surface area (Å²) < 4.78 is 0. The molecular formula is C45H31N. The minimum Gasteiger partial charge on any atom is -0.355 e. The molecule has 0 heterocycles. The van der Waals surface area contributed by atoms with Gasteiger partial charge in [0.05, 0.1) is 5.41 Å². The molecule has 1 heteroatoms. The summed E-state index contributed by atoms with van der Waals surface area (Å²) in [4.78, 5) is 0. The molecule has 46 heavy (non-hydrogen) atoms. The second-order valence-electron chi connectivity index (χ2n) is 12.1. The smallest absolute Gasteiger partial charge is 0.0714 e. The quantitative estimate of drug-likeness (QED) is 0.198. The summed E-state index contributed by atoms with van der Waals surface area (Å²) >= 11 is 0. The topological polar surface area (TPSA) is 12.0 Å². The van der Waals surface area contributed by atoms with Crippen LogP contribution in [0.3, 0.4) is 0 Å². The monoisotopic (exact) mass is 585 g/mol. The van der Waals surface area contributed by atoms with Crippen molar-refractivity contribution in [2.45, 2.75) is 5.41 Å². The fourth-order valence-corrected chi connectivity index (χ4v) is 7.78. The molecule has 216 valence electrons. The fourth-order valence-electron chi connectivity index (χ4n) is 7.78. The highest BCUT2D eigenvalue weighted by atomic mass is 14.9. The maximum absolute atomic E-state index is 3.88. The van der Waals surface area contributed by atoms with Crippen molar-refractivity contribution in [2.24, 2.45) is 0 Å². The molecule has 0 atom stereocenters. The molecule has 0 saturated carbocycles. The number of fused-ring (bicyclic) bond motifs is 6. The minimum absolute atomic E-state index is 0.430. The van der Waals surface area contributed by atoms with Crippen LogP contribution in [0.25, 0.3) is 43.8 Å². The van der Waals surface area contributed by atoms with Gasteiger partial charge in [-0.15, -0.1) is 0 Å². The van der Waals surface area contributed by atoms with Crippen LogP contribution in [0.1, 0.15) is 22.3 Å². The lowest BCUT2D eigenvalue weighted by Gasteiger charge is -2.34. The third-order valence-electron chi connectivity index (χ3n) is 9.72. The van der Waals surface area contributed by atoms with Gasteiger partial charge in [-0.25, -0.2) is 0 Å². The van der Waals surface area contributed by atoms with Crippen LogP contribution in [0.2, 0.25) is 0 Å².